The Morgan fingerprint density at radius 1 is 0.202 bits per heavy atom. The van der Waals surface area contributed by atoms with Crippen LogP contribution in [-0.4, -0.2) is 89.7 Å². The summed E-state index contributed by atoms with van der Waals surface area (Å²) >= 11 is 0. The zero-order valence-corrected chi connectivity index (χ0v) is 63.9. The van der Waals surface area contributed by atoms with Crippen molar-refractivity contribution in [2.24, 2.45) is 148 Å². The summed E-state index contributed by atoms with van der Waals surface area (Å²) < 4.78 is 0. The highest BCUT2D eigenvalue weighted by molar-refractivity contribution is 4.89. The van der Waals surface area contributed by atoms with Gasteiger partial charge in [-0.2, -0.15) is 0 Å². The van der Waals surface area contributed by atoms with E-state index >= 15 is 0 Å². The van der Waals surface area contributed by atoms with Gasteiger partial charge in [0.15, 0.2) is 0 Å². The lowest BCUT2D eigenvalue weighted by atomic mass is 9.66. The smallest absolute Gasteiger partial charge is 0.0596 e. The first kappa shape index (κ1) is 86.7. The van der Waals surface area contributed by atoms with Crippen LogP contribution in [-0.2, 0) is 0 Å². The molecule has 8 N–H and O–H groups in total. The maximum Gasteiger partial charge on any atom is 0.0596 e. The zero-order valence-electron chi connectivity index (χ0n) is 63.9. The van der Waals surface area contributed by atoms with Crippen LogP contribution < -0.4 is 0 Å². The van der Waals surface area contributed by atoms with Gasteiger partial charge in [0, 0.05) is 0 Å². The fourth-order valence-corrected chi connectivity index (χ4v) is 18.8. The summed E-state index contributed by atoms with van der Waals surface area (Å²) in [4.78, 5) is 0. The van der Waals surface area contributed by atoms with E-state index in [0.717, 1.165) is 111 Å². The van der Waals surface area contributed by atoms with Crippen LogP contribution in [0.4, 0.5) is 0 Å². The molecule has 8 aliphatic carbocycles. The number of aliphatic hydroxyl groups is 8. The van der Waals surface area contributed by atoms with Crippen molar-refractivity contribution in [2.75, 3.05) is 0 Å². The highest BCUT2D eigenvalue weighted by Crippen LogP contribution is 2.43. The predicted octanol–water partition coefficient (Wildman–Crippen LogP) is 19.8. The molecule has 8 fully saturated rings. The minimum absolute atomic E-state index is 0.0220. The number of hydrogen-bond donors (Lipinski definition) is 8. The Morgan fingerprint density at radius 3 is 1.13 bits per heavy atom. The molecule has 0 spiro atoms. The number of hydrogen-bond acceptors (Lipinski definition) is 8. The summed E-state index contributed by atoms with van der Waals surface area (Å²) in [5, 5.41) is 77.8. The van der Waals surface area contributed by atoms with E-state index in [9.17, 15) is 40.9 Å². The molecule has 534 valence electrons. The summed E-state index contributed by atoms with van der Waals surface area (Å²) in [6, 6.07) is 0. The van der Waals surface area contributed by atoms with Crippen molar-refractivity contribution < 1.29 is 40.9 Å². The highest BCUT2D eigenvalue weighted by atomic mass is 16.3. The second-order valence-corrected chi connectivity index (χ2v) is 33.4. The van der Waals surface area contributed by atoms with Gasteiger partial charge in [-0.05, 0) is 231 Å². The standard InChI is InChI=1S/C11H22O.7C10H20O/c1-5-10-8(3)7(2)6-11(12)9(10)4;1-4-9-5-7(2)8(3)6-10(9)11;1-4-9-5-7(2)6-10(11)8(9)3;1-4-9-6-7(2)5-8(3)10(9)11;1-4-9-7(2)5-6-10(11)8(9)3;1-4-9-6-5-7(2)10(11)8(9)3;1-4-9-6-5-7(2)8(3)10(9)11;1-4-9-7(2)5-6-8(3)10(9)11/h7-12H,5-6H2,1-4H3;7*7-11H,4-6H2,1-3H3. The van der Waals surface area contributed by atoms with Crippen molar-refractivity contribution in [2.45, 2.75) is 370 Å². The molecule has 33 atom stereocenters. The zero-order chi connectivity index (χ0) is 68.3. The van der Waals surface area contributed by atoms with Crippen LogP contribution in [0.2, 0.25) is 0 Å². The monoisotopic (exact) mass is 1260 g/mol. The first-order valence-corrected chi connectivity index (χ1v) is 39.1. The summed E-state index contributed by atoms with van der Waals surface area (Å²) in [7, 11) is 0. The molecule has 0 aromatic rings. The van der Waals surface area contributed by atoms with Crippen LogP contribution in [0.5, 0.6) is 0 Å². The Hall–Kier alpha value is -0.320. The first-order valence-electron chi connectivity index (χ1n) is 39.1. The molecular weight excluding hydrogens is 1100 g/mol. The molecular formula is C81H162O8. The van der Waals surface area contributed by atoms with E-state index in [1.807, 2.05) is 0 Å². The molecule has 0 aromatic heterocycles. The topological polar surface area (TPSA) is 162 Å². The lowest BCUT2D eigenvalue weighted by Gasteiger charge is -2.41. The van der Waals surface area contributed by atoms with Crippen LogP contribution in [0.25, 0.3) is 0 Å². The van der Waals surface area contributed by atoms with Crippen LogP contribution in [0.1, 0.15) is 321 Å². The molecule has 0 saturated heterocycles. The van der Waals surface area contributed by atoms with Gasteiger partial charge in [0.2, 0.25) is 0 Å². The van der Waals surface area contributed by atoms with Crippen molar-refractivity contribution in [3.8, 4) is 0 Å². The minimum Gasteiger partial charge on any atom is -0.393 e. The van der Waals surface area contributed by atoms with Crippen molar-refractivity contribution in [3.63, 3.8) is 0 Å². The van der Waals surface area contributed by atoms with Gasteiger partial charge in [0.25, 0.3) is 0 Å². The van der Waals surface area contributed by atoms with Crippen molar-refractivity contribution in [1.29, 1.82) is 0 Å². The molecule has 0 radical (unpaired) electrons. The SMILES string of the molecule is CCC1C(C)C(C)CC(O)C1C.CCC1C(C)CCC(C)C1O.CCC1C(C)CCC(O)C1C.CCC1CC(C)C(C)CC1O.CCC1CC(C)CC(C)C1O.CCC1CC(C)CC(O)C1C.CCC1CCC(C)C(C)C1O.CCC1CCC(C)C(O)C1C. The van der Waals surface area contributed by atoms with E-state index < -0.39 is 0 Å². The van der Waals surface area contributed by atoms with Gasteiger partial charge in [-0.15, -0.1) is 0 Å². The Labute approximate surface area is 555 Å². The van der Waals surface area contributed by atoms with Crippen LogP contribution in [0.3, 0.4) is 0 Å². The molecule has 0 heterocycles. The van der Waals surface area contributed by atoms with Crippen LogP contribution >= 0.6 is 0 Å². The molecule has 8 heteroatoms. The normalized spacial score (nSPS) is 46.3. The van der Waals surface area contributed by atoms with Crippen molar-refractivity contribution in [1.82, 2.24) is 0 Å². The van der Waals surface area contributed by atoms with Crippen LogP contribution in [0.15, 0.2) is 0 Å². The third kappa shape index (κ3) is 28.0. The highest BCUT2D eigenvalue weighted by Gasteiger charge is 2.39. The molecule has 89 heavy (non-hydrogen) atoms. The summed E-state index contributed by atoms with van der Waals surface area (Å²) in [6.45, 7) is 55.6. The molecule has 0 amide bonds. The van der Waals surface area contributed by atoms with E-state index in [-0.39, 0.29) is 48.8 Å². The van der Waals surface area contributed by atoms with Crippen molar-refractivity contribution in [3.05, 3.63) is 0 Å². The average molecular weight is 1260 g/mol. The van der Waals surface area contributed by atoms with E-state index in [2.05, 4.69) is 173 Å². The van der Waals surface area contributed by atoms with Crippen molar-refractivity contribution >= 4 is 0 Å². The van der Waals surface area contributed by atoms with Gasteiger partial charge in [-0.1, -0.05) is 237 Å². The second-order valence-electron chi connectivity index (χ2n) is 33.4. The maximum absolute atomic E-state index is 9.81. The fourth-order valence-electron chi connectivity index (χ4n) is 18.8. The summed E-state index contributed by atoms with van der Waals surface area (Å²) in [6.07, 6.45) is 26.9. The molecule has 0 bridgehead atoms. The quantitative estimate of drug-likeness (QED) is 0.119. The first-order chi connectivity index (χ1) is 41.7. The van der Waals surface area contributed by atoms with Gasteiger partial charge in [0.05, 0.1) is 48.8 Å². The van der Waals surface area contributed by atoms with Gasteiger partial charge >= 0.3 is 0 Å². The summed E-state index contributed by atoms with van der Waals surface area (Å²) in [5.74, 6) is 16.2. The molecule has 0 aromatic carbocycles. The van der Waals surface area contributed by atoms with E-state index in [0.29, 0.717) is 88.8 Å². The molecule has 33 unspecified atom stereocenters. The molecule has 8 saturated carbocycles. The van der Waals surface area contributed by atoms with E-state index in [1.165, 1.54) is 96.3 Å². The van der Waals surface area contributed by atoms with Crippen LogP contribution in [0, 0.1) is 148 Å². The average Bonchev–Trinajstić information content (AvgIpc) is 3.00. The van der Waals surface area contributed by atoms with E-state index in [4.69, 9.17) is 0 Å². The predicted molar refractivity (Wildman–Crippen MR) is 383 cm³/mol. The van der Waals surface area contributed by atoms with Gasteiger partial charge < -0.3 is 40.9 Å². The third-order valence-corrected chi connectivity index (χ3v) is 27.1. The molecule has 0 aliphatic heterocycles. The largest absolute Gasteiger partial charge is 0.393 e. The molecule has 8 aliphatic rings. The minimum atomic E-state index is -0.0545. The van der Waals surface area contributed by atoms with E-state index in [1.54, 1.807) is 0 Å². The Morgan fingerprint density at radius 2 is 0.618 bits per heavy atom. The third-order valence-electron chi connectivity index (χ3n) is 27.1. The molecule has 8 nitrogen and oxygen atoms in total. The maximum atomic E-state index is 9.81. The molecule has 8 rings (SSSR count). The lowest BCUT2D eigenvalue weighted by Crippen LogP contribution is -2.39. The van der Waals surface area contributed by atoms with Gasteiger partial charge in [-0.3, -0.25) is 0 Å². The fraction of sp³-hybridized carbons (Fsp3) is 1.00. The Balaban J connectivity index is 0.000000509. The number of aliphatic hydroxyl groups excluding tert-OH is 8. The Kier molecular flexibility index (Phi) is 43.3. The number of rotatable bonds is 8. The van der Waals surface area contributed by atoms with Gasteiger partial charge in [0.1, 0.15) is 0 Å². The Bertz CT molecular complexity index is 1610. The van der Waals surface area contributed by atoms with Gasteiger partial charge in [-0.25, -0.2) is 0 Å². The summed E-state index contributed by atoms with van der Waals surface area (Å²) in [5.41, 5.74) is 0. The lowest BCUT2D eigenvalue weighted by molar-refractivity contribution is -0.0141. The second kappa shape index (κ2) is 44.5.